The Balaban J connectivity index is 3.13. The van der Waals surface area contributed by atoms with Gasteiger partial charge in [-0.15, -0.1) is 0 Å². The SMILES string of the molecule is Cc1n[nH]c(=S)n1CC(C)(C)S(C)(=O)=O. The number of nitrogens with zero attached hydrogens (tertiary/aromatic N) is 2. The Morgan fingerprint density at radius 3 is 2.40 bits per heavy atom. The lowest BCUT2D eigenvalue weighted by Gasteiger charge is -2.23. The maximum absolute atomic E-state index is 11.5. The van der Waals surface area contributed by atoms with Crippen molar-refractivity contribution in [3.05, 3.63) is 10.6 Å². The summed E-state index contributed by atoms with van der Waals surface area (Å²) in [5.41, 5.74) is 0. The molecule has 5 nitrogen and oxygen atoms in total. The number of hydrogen-bond donors (Lipinski definition) is 1. The Morgan fingerprint density at radius 1 is 1.53 bits per heavy atom. The fourth-order valence-corrected chi connectivity index (χ4v) is 1.69. The van der Waals surface area contributed by atoms with Gasteiger partial charge in [-0.05, 0) is 33.0 Å². The standard InChI is InChI=1S/C8H15N3O2S2/c1-6-9-10-7(14)11(6)5-8(2,3)15(4,12)13/h5H2,1-4H3,(H,10,14). The lowest BCUT2D eigenvalue weighted by atomic mass is 10.2. The largest absolute Gasteiger partial charge is 0.303 e. The maximum atomic E-state index is 11.5. The molecule has 7 heteroatoms. The number of aromatic amines is 1. The summed E-state index contributed by atoms with van der Waals surface area (Å²) in [5.74, 6) is 0.691. The lowest BCUT2D eigenvalue weighted by molar-refractivity contribution is 0.495. The molecule has 0 atom stereocenters. The summed E-state index contributed by atoms with van der Waals surface area (Å²) in [4.78, 5) is 0. The fourth-order valence-electron chi connectivity index (χ4n) is 1.08. The molecule has 0 saturated heterocycles. The van der Waals surface area contributed by atoms with Crippen LogP contribution in [0, 0.1) is 11.7 Å². The fraction of sp³-hybridized carbons (Fsp3) is 0.750. The van der Waals surface area contributed by atoms with Crippen molar-refractivity contribution in [3.63, 3.8) is 0 Å². The third kappa shape index (κ3) is 2.46. The summed E-state index contributed by atoms with van der Waals surface area (Å²) in [6, 6.07) is 0. The van der Waals surface area contributed by atoms with Crippen molar-refractivity contribution < 1.29 is 8.42 Å². The zero-order chi connectivity index (χ0) is 11.9. The van der Waals surface area contributed by atoms with E-state index in [1.54, 1.807) is 25.3 Å². The summed E-state index contributed by atoms with van der Waals surface area (Å²) in [6.07, 6.45) is 1.23. The van der Waals surface area contributed by atoms with Gasteiger partial charge in [0.05, 0.1) is 4.75 Å². The maximum Gasteiger partial charge on any atom is 0.195 e. The van der Waals surface area contributed by atoms with Gasteiger partial charge in [-0.3, -0.25) is 5.10 Å². The molecule has 1 heterocycles. The lowest BCUT2D eigenvalue weighted by Crippen LogP contribution is -2.36. The average molecular weight is 249 g/mol. The molecule has 0 saturated carbocycles. The number of rotatable bonds is 3. The third-order valence-corrected chi connectivity index (χ3v) is 4.94. The topological polar surface area (TPSA) is 67.8 Å². The van der Waals surface area contributed by atoms with Gasteiger partial charge in [0.2, 0.25) is 0 Å². The molecule has 0 bridgehead atoms. The number of hydrogen-bond acceptors (Lipinski definition) is 4. The Morgan fingerprint density at radius 2 is 2.07 bits per heavy atom. The van der Waals surface area contributed by atoms with Gasteiger partial charge in [0, 0.05) is 12.8 Å². The first-order valence-corrected chi connectivity index (χ1v) is 6.76. The minimum Gasteiger partial charge on any atom is -0.303 e. The highest BCUT2D eigenvalue weighted by Gasteiger charge is 2.31. The average Bonchev–Trinajstić information content (AvgIpc) is 2.33. The molecule has 0 aliphatic carbocycles. The normalized spacial score (nSPS) is 13.1. The molecule has 15 heavy (non-hydrogen) atoms. The summed E-state index contributed by atoms with van der Waals surface area (Å²) >= 11 is 5.01. The molecule has 1 aromatic heterocycles. The highest BCUT2D eigenvalue weighted by Crippen LogP contribution is 2.18. The van der Waals surface area contributed by atoms with E-state index in [0.717, 1.165) is 0 Å². The van der Waals surface area contributed by atoms with Crippen LogP contribution in [-0.2, 0) is 16.4 Å². The van der Waals surface area contributed by atoms with Crippen molar-refractivity contribution in [2.75, 3.05) is 6.26 Å². The first kappa shape index (κ1) is 12.4. The monoisotopic (exact) mass is 249 g/mol. The van der Waals surface area contributed by atoms with Gasteiger partial charge in [-0.2, -0.15) is 5.10 Å². The smallest absolute Gasteiger partial charge is 0.195 e. The predicted octanol–water partition coefficient (Wildman–Crippen LogP) is 1.07. The van der Waals surface area contributed by atoms with E-state index in [1.807, 2.05) is 0 Å². The zero-order valence-corrected chi connectivity index (χ0v) is 10.9. The summed E-state index contributed by atoms with van der Waals surface area (Å²) in [7, 11) is -3.12. The molecule has 0 spiro atoms. The molecular weight excluding hydrogens is 234 g/mol. The van der Waals surface area contributed by atoms with Crippen molar-refractivity contribution in [2.45, 2.75) is 32.1 Å². The van der Waals surface area contributed by atoms with Crippen molar-refractivity contribution in [3.8, 4) is 0 Å². The predicted molar refractivity (Wildman–Crippen MR) is 61.1 cm³/mol. The number of H-pyrrole nitrogens is 1. The first-order chi connectivity index (χ1) is 6.65. The molecule has 0 unspecified atom stereocenters. The van der Waals surface area contributed by atoms with E-state index >= 15 is 0 Å². The third-order valence-electron chi connectivity index (χ3n) is 2.49. The highest BCUT2D eigenvalue weighted by molar-refractivity contribution is 7.92. The molecule has 0 aromatic carbocycles. The molecule has 86 valence electrons. The molecule has 0 aliphatic heterocycles. The second-order valence-electron chi connectivity index (χ2n) is 4.19. The van der Waals surface area contributed by atoms with E-state index < -0.39 is 14.6 Å². The number of sulfone groups is 1. The molecule has 1 aromatic rings. The van der Waals surface area contributed by atoms with Gasteiger partial charge in [0.25, 0.3) is 0 Å². The van der Waals surface area contributed by atoms with Gasteiger partial charge < -0.3 is 4.57 Å². The quantitative estimate of drug-likeness (QED) is 0.814. The minimum atomic E-state index is -3.12. The van der Waals surface area contributed by atoms with Gasteiger partial charge in [0.1, 0.15) is 5.82 Å². The second kappa shape index (κ2) is 3.71. The van der Waals surface area contributed by atoms with Crippen molar-refractivity contribution in [1.82, 2.24) is 14.8 Å². The van der Waals surface area contributed by atoms with Crippen LogP contribution >= 0.6 is 12.2 Å². The zero-order valence-electron chi connectivity index (χ0n) is 9.23. The van der Waals surface area contributed by atoms with E-state index in [4.69, 9.17) is 12.2 Å². The minimum absolute atomic E-state index is 0.312. The molecule has 0 amide bonds. The van der Waals surface area contributed by atoms with E-state index in [9.17, 15) is 8.42 Å². The van der Waals surface area contributed by atoms with Crippen LogP contribution < -0.4 is 0 Å². The second-order valence-corrected chi connectivity index (χ2v) is 7.23. The van der Waals surface area contributed by atoms with Crippen molar-refractivity contribution in [2.24, 2.45) is 0 Å². The molecule has 0 fully saturated rings. The molecule has 1 rings (SSSR count). The van der Waals surface area contributed by atoms with E-state index in [-0.39, 0.29) is 0 Å². The molecule has 0 radical (unpaired) electrons. The Hall–Kier alpha value is -0.690. The van der Waals surface area contributed by atoms with Crippen molar-refractivity contribution >= 4 is 22.1 Å². The number of aryl methyl sites for hydroxylation is 1. The van der Waals surface area contributed by atoms with E-state index in [0.29, 0.717) is 17.1 Å². The Kier molecular flexibility index (Phi) is 3.06. The molecule has 0 aliphatic rings. The number of nitrogens with one attached hydrogen (secondary N) is 1. The van der Waals surface area contributed by atoms with Crippen LogP contribution in [0.15, 0.2) is 0 Å². The summed E-state index contributed by atoms with van der Waals surface area (Å²) < 4.78 is 24.3. The first-order valence-electron chi connectivity index (χ1n) is 4.46. The van der Waals surface area contributed by atoms with Gasteiger partial charge in [-0.25, -0.2) is 8.42 Å². The van der Waals surface area contributed by atoms with E-state index in [2.05, 4.69) is 10.2 Å². The Labute approximate surface area is 94.4 Å². The van der Waals surface area contributed by atoms with Crippen LogP contribution in [0.4, 0.5) is 0 Å². The van der Waals surface area contributed by atoms with Gasteiger partial charge in [-0.1, -0.05) is 0 Å². The van der Waals surface area contributed by atoms with Gasteiger partial charge >= 0.3 is 0 Å². The van der Waals surface area contributed by atoms with Crippen LogP contribution in [0.2, 0.25) is 0 Å². The van der Waals surface area contributed by atoms with Gasteiger partial charge in [0.15, 0.2) is 14.6 Å². The van der Waals surface area contributed by atoms with Crippen LogP contribution in [0.5, 0.6) is 0 Å². The highest BCUT2D eigenvalue weighted by atomic mass is 32.2. The van der Waals surface area contributed by atoms with E-state index in [1.165, 1.54) is 6.26 Å². The number of aromatic nitrogens is 3. The van der Waals surface area contributed by atoms with Crippen LogP contribution in [0.25, 0.3) is 0 Å². The summed E-state index contributed by atoms with van der Waals surface area (Å²) in [5, 5.41) is 6.57. The molecular formula is C8H15N3O2S2. The van der Waals surface area contributed by atoms with Crippen LogP contribution in [-0.4, -0.2) is 34.2 Å². The van der Waals surface area contributed by atoms with Crippen LogP contribution in [0.3, 0.4) is 0 Å². The van der Waals surface area contributed by atoms with Crippen LogP contribution in [0.1, 0.15) is 19.7 Å². The molecule has 1 N–H and O–H groups in total. The van der Waals surface area contributed by atoms with Crippen molar-refractivity contribution in [1.29, 1.82) is 0 Å². The summed E-state index contributed by atoms with van der Waals surface area (Å²) in [6.45, 7) is 5.45. The Bertz CT molecular complexity index is 510.